The van der Waals surface area contributed by atoms with E-state index < -0.39 is 5.41 Å². The van der Waals surface area contributed by atoms with Crippen molar-refractivity contribution in [2.24, 2.45) is 28.6 Å². The van der Waals surface area contributed by atoms with Crippen molar-refractivity contribution >= 4 is 11.9 Å². The molecule has 0 heterocycles. The van der Waals surface area contributed by atoms with Crippen LogP contribution in [-0.4, -0.2) is 25.2 Å². The molecule has 3 atom stereocenters. The summed E-state index contributed by atoms with van der Waals surface area (Å²) in [6.45, 7) is 11.7. The van der Waals surface area contributed by atoms with Crippen LogP contribution >= 0.6 is 0 Å². The fourth-order valence-corrected chi connectivity index (χ4v) is 4.85. The van der Waals surface area contributed by atoms with E-state index in [9.17, 15) is 9.59 Å². The lowest BCUT2D eigenvalue weighted by Gasteiger charge is -2.40. The monoisotopic (exact) mass is 352 g/mol. The van der Waals surface area contributed by atoms with Gasteiger partial charge in [-0.1, -0.05) is 47.5 Å². The molecule has 2 saturated carbocycles. The summed E-state index contributed by atoms with van der Waals surface area (Å²) in [5.41, 5.74) is -0.836. The highest BCUT2D eigenvalue weighted by Crippen LogP contribution is 2.63. The summed E-state index contributed by atoms with van der Waals surface area (Å²) in [4.78, 5) is 25.9. The van der Waals surface area contributed by atoms with Gasteiger partial charge in [0.2, 0.25) is 0 Å². The molecule has 2 rings (SSSR count). The maximum atomic E-state index is 12.9. The second-order valence-electron chi connectivity index (χ2n) is 9.06. The molecule has 0 N–H and O–H groups in total. The van der Waals surface area contributed by atoms with E-state index >= 15 is 0 Å². The Labute approximate surface area is 153 Å². The molecule has 0 radical (unpaired) electrons. The molecule has 0 aliphatic heterocycles. The second-order valence-corrected chi connectivity index (χ2v) is 9.06. The Bertz CT molecular complexity index is 455. The maximum absolute atomic E-state index is 12.9. The van der Waals surface area contributed by atoms with Gasteiger partial charge in [0.15, 0.2) is 5.41 Å². The summed E-state index contributed by atoms with van der Waals surface area (Å²) in [6.07, 6.45) is 6.11. The molecule has 2 fully saturated rings. The van der Waals surface area contributed by atoms with Gasteiger partial charge in [-0.25, -0.2) is 0 Å². The van der Waals surface area contributed by atoms with E-state index in [1.165, 1.54) is 0 Å². The Morgan fingerprint density at radius 1 is 0.960 bits per heavy atom. The standard InChI is InChI=1S/C21H36O4/c1-6-8-10-24-18(22)21(19(23)25-11-9-7-2)14-15-12-16(21)13-17(15)20(3,4)5/h15-17H,6-14H2,1-5H3. The Morgan fingerprint density at radius 2 is 1.48 bits per heavy atom. The topological polar surface area (TPSA) is 52.6 Å². The predicted molar refractivity (Wildman–Crippen MR) is 97.9 cm³/mol. The van der Waals surface area contributed by atoms with Gasteiger partial charge in [-0.2, -0.15) is 0 Å². The number of hydrogen-bond donors (Lipinski definition) is 0. The largest absolute Gasteiger partial charge is 0.465 e. The SMILES string of the molecule is CCCCOC(=O)C1(C(=O)OCCCC)CC2CC1CC2C(C)(C)C. The minimum absolute atomic E-state index is 0.0741. The lowest BCUT2D eigenvalue weighted by atomic mass is 9.64. The predicted octanol–water partition coefficient (Wildman–Crippen LogP) is 4.75. The van der Waals surface area contributed by atoms with E-state index in [4.69, 9.17) is 9.47 Å². The van der Waals surface area contributed by atoms with E-state index in [-0.39, 0.29) is 23.3 Å². The highest BCUT2D eigenvalue weighted by atomic mass is 16.6. The summed E-state index contributed by atoms with van der Waals surface area (Å²) < 4.78 is 11.1. The van der Waals surface area contributed by atoms with E-state index in [0.717, 1.165) is 38.5 Å². The molecule has 0 saturated heterocycles. The lowest BCUT2D eigenvalue weighted by Crippen LogP contribution is -2.48. The number of carbonyl (C=O) groups excluding carboxylic acids is 2. The smallest absolute Gasteiger partial charge is 0.323 e. The van der Waals surface area contributed by atoms with Crippen LogP contribution in [0.15, 0.2) is 0 Å². The van der Waals surface area contributed by atoms with Crippen molar-refractivity contribution < 1.29 is 19.1 Å². The zero-order valence-electron chi connectivity index (χ0n) is 16.7. The Kier molecular flexibility index (Phi) is 6.56. The Hall–Kier alpha value is -1.06. The van der Waals surface area contributed by atoms with Crippen LogP contribution in [0.4, 0.5) is 0 Å². The molecule has 0 amide bonds. The van der Waals surface area contributed by atoms with E-state index in [0.29, 0.717) is 31.5 Å². The van der Waals surface area contributed by atoms with Gasteiger partial charge in [-0.3, -0.25) is 9.59 Å². The van der Waals surface area contributed by atoms with Crippen molar-refractivity contribution in [1.29, 1.82) is 0 Å². The molecule has 4 heteroatoms. The zero-order valence-corrected chi connectivity index (χ0v) is 16.7. The molecule has 4 nitrogen and oxygen atoms in total. The highest BCUT2D eigenvalue weighted by Gasteiger charge is 2.66. The average Bonchev–Trinajstić information content (AvgIpc) is 3.13. The van der Waals surface area contributed by atoms with Crippen LogP contribution in [0.3, 0.4) is 0 Å². The fourth-order valence-electron chi connectivity index (χ4n) is 4.85. The van der Waals surface area contributed by atoms with Gasteiger partial charge in [0.1, 0.15) is 0 Å². The summed E-state index contributed by atoms with van der Waals surface area (Å²) in [5.74, 6) is 0.398. The molecule has 3 unspecified atom stereocenters. The van der Waals surface area contributed by atoms with Gasteiger partial charge in [-0.15, -0.1) is 0 Å². The maximum Gasteiger partial charge on any atom is 0.323 e. The summed E-state index contributed by atoms with van der Waals surface area (Å²) in [5, 5.41) is 0. The van der Waals surface area contributed by atoms with E-state index in [1.807, 2.05) is 0 Å². The van der Waals surface area contributed by atoms with Gasteiger partial charge in [-0.05, 0) is 55.3 Å². The molecule has 144 valence electrons. The Morgan fingerprint density at radius 3 is 1.84 bits per heavy atom. The number of ether oxygens (including phenoxy) is 2. The molecular weight excluding hydrogens is 316 g/mol. The van der Waals surface area contributed by atoms with Crippen LogP contribution in [0.5, 0.6) is 0 Å². The van der Waals surface area contributed by atoms with Gasteiger partial charge in [0.25, 0.3) is 0 Å². The van der Waals surface area contributed by atoms with Gasteiger partial charge in [0.05, 0.1) is 13.2 Å². The number of carbonyl (C=O) groups is 2. The zero-order chi connectivity index (χ0) is 18.7. The van der Waals surface area contributed by atoms with Gasteiger partial charge >= 0.3 is 11.9 Å². The van der Waals surface area contributed by atoms with Crippen LogP contribution in [-0.2, 0) is 19.1 Å². The average molecular weight is 353 g/mol. The van der Waals surface area contributed by atoms with Crippen molar-refractivity contribution in [2.45, 2.75) is 79.6 Å². The molecule has 0 aromatic rings. The highest BCUT2D eigenvalue weighted by molar-refractivity contribution is 6.01. The van der Waals surface area contributed by atoms with Crippen molar-refractivity contribution in [3.63, 3.8) is 0 Å². The molecular formula is C21H36O4. The molecule has 2 aliphatic rings. The van der Waals surface area contributed by atoms with E-state index in [2.05, 4.69) is 34.6 Å². The molecule has 0 spiro atoms. The number of esters is 2. The van der Waals surface area contributed by atoms with Crippen LogP contribution in [0.25, 0.3) is 0 Å². The second kappa shape index (κ2) is 8.09. The van der Waals surface area contributed by atoms with Crippen molar-refractivity contribution in [2.75, 3.05) is 13.2 Å². The van der Waals surface area contributed by atoms with Crippen molar-refractivity contribution in [3.8, 4) is 0 Å². The third kappa shape index (κ3) is 4.03. The molecule has 2 bridgehead atoms. The van der Waals surface area contributed by atoms with Crippen molar-refractivity contribution in [3.05, 3.63) is 0 Å². The van der Waals surface area contributed by atoms with Crippen molar-refractivity contribution in [1.82, 2.24) is 0 Å². The summed E-state index contributed by atoms with van der Waals surface area (Å²) >= 11 is 0. The van der Waals surface area contributed by atoms with Gasteiger partial charge in [0, 0.05) is 0 Å². The third-order valence-electron chi connectivity index (χ3n) is 6.28. The number of unbranched alkanes of at least 4 members (excludes halogenated alkanes) is 2. The first-order valence-corrected chi connectivity index (χ1v) is 10.1. The molecule has 2 aliphatic carbocycles. The number of hydrogen-bond acceptors (Lipinski definition) is 4. The van der Waals surface area contributed by atoms with Crippen LogP contribution in [0.2, 0.25) is 0 Å². The number of fused-ring (bicyclic) bond motifs is 2. The third-order valence-corrected chi connectivity index (χ3v) is 6.28. The first-order chi connectivity index (χ1) is 11.8. The van der Waals surface area contributed by atoms with Crippen LogP contribution in [0.1, 0.15) is 79.6 Å². The fraction of sp³-hybridized carbons (Fsp3) is 0.905. The first-order valence-electron chi connectivity index (χ1n) is 10.1. The lowest BCUT2D eigenvalue weighted by molar-refractivity contribution is -0.178. The Balaban J connectivity index is 2.15. The minimum atomic E-state index is -1.05. The normalized spacial score (nSPS) is 27.3. The van der Waals surface area contributed by atoms with E-state index in [1.54, 1.807) is 0 Å². The molecule has 0 aromatic heterocycles. The molecule has 25 heavy (non-hydrogen) atoms. The summed E-state index contributed by atoms with van der Waals surface area (Å²) in [6, 6.07) is 0. The quantitative estimate of drug-likeness (QED) is 0.359. The summed E-state index contributed by atoms with van der Waals surface area (Å²) in [7, 11) is 0. The van der Waals surface area contributed by atoms with Gasteiger partial charge < -0.3 is 9.47 Å². The van der Waals surface area contributed by atoms with Crippen LogP contribution < -0.4 is 0 Å². The first kappa shape index (κ1) is 20.3. The number of rotatable bonds is 8. The minimum Gasteiger partial charge on any atom is -0.465 e. The van der Waals surface area contributed by atoms with Crippen LogP contribution in [0, 0.1) is 28.6 Å². The molecule has 0 aromatic carbocycles.